The molecule has 0 N–H and O–H groups in total. The first kappa shape index (κ1) is 18.5. The van der Waals surface area contributed by atoms with Crippen molar-refractivity contribution in [3.63, 3.8) is 0 Å². The molecule has 1 aliphatic rings. The zero-order chi connectivity index (χ0) is 19.3. The normalized spacial score (nSPS) is 16.1. The van der Waals surface area contributed by atoms with E-state index in [2.05, 4.69) is 42.5 Å². The summed E-state index contributed by atoms with van der Waals surface area (Å²) in [5.74, 6) is 1.49. The summed E-state index contributed by atoms with van der Waals surface area (Å²) in [4.78, 5) is 14.8. The Labute approximate surface area is 166 Å². The third-order valence-corrected chi connectivity index (χ3v) is 5.67. The molecule has 4 rings (SSSR count). The van der Waals surface area contributed by atoms with Gasteiger partial charge in [-0.05, 0) is 60.6 Å². The van der Waals surface area contributed by atoms with E-state index in [0.717, 1.165) is 43.5 Å². The number of nitrogens with zero attached hydrogens (tertiary/aromatic N) is 1. The Bertz CT molecular complexity index is 929. The first-order chi connectivity index (χ1) is 13.7. The number of carbonyl (C=O) groups is 1. The quantitative estimate of drug-likeness (QED) is 0.623. The number of hydrogen-bond acceptors (Lipinski definition) is 2. The van der Waals surface area contributed by atoms with Crippen LogP contribution in [0, 0.1) is 5.92 Å². The number of amides is 1. The fourth-order valence-electron chi connectivity index (χ4n) is 4.06. The number of ether oxygens (including phenoxy) is 1. The fraction of sp³-hybridized carbons (Fsp3) is 0.320. The molecule has 0 spiro atoms. The molecule has 1 amide bonds. The molecule has 3 heteroatoms. The van der Waals surface area contributed by atoms with Crippen LogP contribution in [-0.4, -0.2) is 30.0 Å². The van der Waals surface area contributed by atoms with Crippen LogP contribution < -0.4 is 4.74 Å². The molecule has 3 nitrogen and oxygen atoms in total. The molecule has 0 saturated carbocycles. The highest BCUT2D eigenvalue weighted by molar-refractivity contribution is 5.84. The van der Waals surface area contributed by atoms with Gasteiger partial charge >= 0.3 is 0 Å². The van der Waals surface area contributed by atoms with Gasteiger partial charge in [-0.3, -0.25) is 4.79 Å². The lowest BCUT2D eigenvalue weighted by Crippen LogP contribution is -2.45. The molecule has 1 atom stereocenters. The lowest BCUT2D eigenvalue weighted by molar-refractivity contribution is -0.139. The van der Waals surface area contributed by atoms with Crippen molar-refractivity contribution in [2.75, 3.05) is 13.1 Å². The number of hydrogen-bond donors (Lipinski definition) is 0. The molecular weight excluding hydrogens is 346 g/mol. The predicted octanol–water partition coefficient (Wildman–Crippen LogP) is 5.09. The van der Waals surface area contributed by atoms with Crippen LogP contribution in [0.3, 0.4) is 0 Å². The maximum Gasteiger partial charge on any atom is 0.263 e. The number of benzene rings is 3. The van der Waals surface area contributed by atoms with Crippen molar-refractivity contribution in [1.29, 1.82) is 0 Å². The summed E-state index contributed by atoms with van der Waals surface area (Å²) in [6.45, 7) is 3.50. The Morgan fingerprint density at radius 1 is 0.964 bits per heavy atom. The van der Waals surface area contributed by atoms with E-state index in [4.69, 9.17) is 4.74 Å². The molecule has 0 aliphatic carbocycles. The van der Waals surface area contributed by atoms with Gasteiger partial charge < -0.3 is 9.64 Å². The molecular formula is C25H27NO2. The Kier molecular flexibility index (Phi) is 5.61. The molecule has 3 aromatic carbocycles. The van der Waals surface area contributed by atoms with Gasteiger partial charge in [-0.15, -0.1) is 0 Å². The monoisotopic (exact) mass is 373 g/mol. The van der Waals surface area contributed by atoms with Crippen molar-refractivity contribution in [2.24, 2.45) is 5.92 Å². The van der Waals surface area contributed by atoms with E-state index in [-0.39, 0.29) is 5.91 Å². The van der Waals surface area contributed by atoms with Gasteiger partial charge in [0.2, 0.25) is 0 Å². The molecule has 1 fully saturated rings. The fourth-order valence-corrected chi connectivity index (χ4v) is 4.06. The van der Waals surface area contributed by atoms with Crippen LogP contribution in [0.2, 0.25) is 0 Å². The Morgan fingerprint density at radius 2 is 1.64 bits per heavy atom. The summed E-state index contributed by atoms with van der Waals surface area (Å²) < 4.78 is 5.97. The van der Waals surface area contributed by atoms with Gasteiger partial charge in [-0.25, -0.2) is 0 Å². The maximum atomic E-state index is 12.8. The third kappa shape index (κ3) is 4.36. The van der Waals surface area contributed by atoms with Gasteiger partial charge in [-0.1, -0.05) is 60.7 Å². The topological polar surface area (TPSA) is 29.5 Å². The number of likely N-dealkylation sites (tertiary alicyclic amines) is 1. The Morgan fingerprint density at radius 3 is 2.39 bits per heavy atom. The minimum absolute atomic E-state index is 0.0892. The molecule has 1 saturated heterocycles. The molecule has 0 radical (unpaired) electrons. The second-order valence-corrected chi connectivity index (χ2v) is 7.73. The minimum atomic E-state index is -0.466. The average Bonchev–Trinajstić information content (AvgIpc) is 2.74. The molecule has 1 aliphatic heterocycles. The largest absolute Gasteiger partial charge is 0.481 e. The van der Waals surface area contributed by atoms with Gasteiger partial charge in [0.25, 0.3) is 5.91 Å². The first-order valence-electron chi connectivity index (χ1n) is 10.2. The average molecular weight is 373 g/mol. The van der Waals surface area contributed by atoms with E-state index >= 15 is 0 Å². The summed E-state index contributed by atoms with van der Waals surface area (Å²) in [5, 5.41) is 2.30. The van der Waals surface area contributed by atoms with Crippen LogP contribution in [0.1, 0.15) is 25.3 Å². The lowest BCUT2D eigenvalue weighted by Gasteiger charge is -2.33. The minimum Gasteiger partial charge on any atom is -0.481 e. The molecule has 0 bridgehead atoms. The van der Waals surface area contributed by atoms with Crippen molar-refractivity contribution < 1.29 is 9.53 Å². The van der Waals surface area contributed by atoms with Crippen LogP contribution in [0.15, 0.2) is 72.8 Å². The maximum absolute atomic E-state index is 12.8. The molecule has 0 unspecified atom stereocenters. The van der Waals surface area contributed by atoms with Crippen LogP contribution in [-0.2, 0) is 11.2 Å². The summed E-state index contributed by atoms with van der Waals surface area (Å²) in [6.07, 6.45) is 2.76. The molecule has 3 aromatic rings. The van der Waals surface area contributed by atoms with Gasteiger partial charge in [0.05, 0.1) is 0 Å². The Hall–Kier alpha value is -2.81. The van der Waals surface area contributed by atoms with Crippen LogP contribution in [0.25, 0.3) is 10.8 Å². The second kappa shape index (κ2) is 8.47. The van der Waals surface area contributed by atoms with Crippen molar-refractivity contribution in [2.45, 2.75) is 32.3 Å². The highest BCUT2D eigenvalue weighted by atomic mass is 16.5. The predicted molar refractivity (Wildman–Crippen MR) is 113 cm³/mol. The van der Waals surface area contributed by atoms with Crippen molar-refractivity contribution in [3.05, 3.63) is 78.4 Å². The lowest BCUT2D eigenvalue weighted by atomic mass is 9.90. The van der Waals surface area contributed by atoms with Crippen LogP contribution in [0.5, 0.6) is 5.75 Å². The second-order valence-electron chi connectivity index (χ2n) is 7.73. The van der Waals surface area contributed by atoms with E-state index in [9.17, 15) is 4.79 Å². The van der Waals surface area contributed by atoms with Crippen molar-refractivity contribution >= 4 is 16.7 Å². The standard InChI is InChI=1S/C25H27NO2/c1-19(28-24-12-11-22-9-5-6-10-23(22)18-24)25(27)26-15-13-21(14-16-26)17-20-7-3-2-4-8-20/h2-12,18-19,21H,13-17H2,1H3/t19-/m1/s1. The molecule has 1 heterocycles. The number of rotatable bonds is 5. The van der Waals surface area contributed by atoms with Crippen molar-refractivity contribution in [3.8, 4) is 5.75 Å². The smallest absolute Gasteiger partial charge is 0.263 e. The van der Waals surface area contributed by atoms with E-state index in [0.29, 0.717) is 5.92 Å². The molecule has 0 aromatic heterocycles. The number of fused-ring (bicyclic) bond motifs is 1. The summed E-state index contributed by atoms with van der Waals surface area (Å²) >= 11 is 0. The van der Waals surface area contributed by atoms with E-state index < -0.39 is 6.10 Å². The third-order valence-electron chi connectivity index (χ3n) is 5.67. The molecule has 28 heavy (non-hydrogen) atoms. The summed E-state index contributed by atoms with van der Waals surface area (Å²) in [6, 6.07) is 24.8. The first-order valence-corrected chi connectivity index (χ1v) is 10.2. The van der Waals surface area contributed by atoms with E-state index in [1.54, 1.807) is 0 Å². The zero-order valence-electron chi connectivity index (χ0n) is 16.4. The van der Waals surface area contributed by atoms with Crippen LogP contribution >= 0.6 is 0 Å². The van der Waals surface area contributed by atoms with E-state index in [1.165, 1.54) is 10.9 Å². The highest BCUT2D eigenvalue weighted by Crippen LogP contribution is 2.24. The van der Waals surface area contributed by atoms with Gasteiger partial charge in [0.1, 0.15) is 5.75 Å². The van der Waals surface area contributed by atoms with E-state index in [1.807, 2.05) is 42.2 Å². The van der Waals surface area contributed by atoms with Crippen molar-refractivity contribution in [1.82, 2.24) is 4.90 Å². The summed E-state index contributed by atoms with van der Waals surface area (Å²) in [7, 11) is 0. The molecule has 144 valence electrons. The Balaban J connectivity index is 1.31. The van der Waals surface area contributed by atoms with Crippen LogP contribution in [0.4, 0.5) is 0 Å². The van der Waals surface area contributed by atoms with Gasteiger partial charge in [0.15, 0.2) is 6.10 Å². The van der Waals surface area contributed by atoms with Gasteiger partial charge in [0, 0.05) is 13.1 Å². The summed E-state index contributed by atoms with van der Waals surface area (Å²) in [5.41, 5.74) is 1.39. The number of piperidine rings is 1. The number of carbonyl (C=O) groups excluding carboxylic acids is 1. The van der Waals surface area contributed by atoms with Gasteiger partial charge in [-0.2, -0.15) is 0 Å². The zero-order valence-corrected chi connectivity index (χ0v) is 16.4. The highest BCUT2D eigenvalue weighted by Gasteiger charge is 2.27. The SMILES string of the molecule is C[C@@H](Oc1ccc2ccccc2c1)C(=O)N1CCC(Cc2ccccc2)CC1.